The third kappa shape index (κ3) is 3.81. The highest BCUT2D eigenvalue weighted by Gasteiger charge is 2.34. The largest absolute Gasteiger partial charge is 0.360 e. The molecular weight excluding hydrogens is 471 g/mol. The fourth-order valence-electron chi connectivity index (χ4n) is 3.79. The van der Waals surface area contributed by atoms with Gasteiger partial charge in [-0.2, -0.15) is 5.10 Å². The minimum atomic E-state index is -3.38. The number of fused-ring (bicyclic) bond motifs is 1. The van der Waals surface area contributed by atoms with Gasteiger partial charge in [0.1, 0.15) is 28.7 Å². The molecule has 1 N–H and O–H groups in total. The van der Waals surface area contributed by atoms with E-state index < -0.39 is 21.6 Å². The number of nitrogens with one attached hydrogen (secondary N) is 1. The Morgan fingerprint density at radius 3 is 2.61 bits per heavy atom. The Labute approximate surface area is 192 Å². The summed E-state index contributed by atoms with van der Waals surface area (Å²) in [7, 11) is -3.38. The van der Waals surface area contributed by atoms with Crippen LogP contribution in [0, 0.1) is 12.7 Å². The van der Waals surface area contributed by atoms with Gasteiger partial charge in [-0.15, -0.1) is 0 Å². The summed E-state index contributed by atoms with van der Waals surface area (Å²) in [6, 6.07) is 12.4. The van der Waals surface area contributed by atoms with Crippen molar-refractivity contribution < 1.29 is 22.1 Å². The molecule has 1 aliphatic rings. The molecule has 168 valence electrons. The second-order valence-corrected chi connectivity index (χ2v) is 10.1. The maximum Gasteiger partial charge on any atom is 0.262 e. The summed E-state index contributed by atoms with van der Waals surface area (Å²) in [6.45, 7) is 1.59. The van der Waals surface area contributed by atoms with Crippen LogP contribution in [0.25, 0.3) is 16.9 Å². The first-order valence-electron chi connectivity index (χ1n) is 9.83. The van der Waals surface area contributed by atoms with Crippen molar-refractivity contribution in [3.05, 3.63) is 82.0 Å². The molecule has 2 aromatic carbocycles. The van der Waals surface area contributed by atoms with Gasteiger partial charge in [0.25, 0.3) is 5.91 Å². The molecule has 0 bridgehead atoms. The van der Waals surface area contributed by atoms with Gasteiger partial charge < -0.3 is 9.84 Å². The summed E-state index contributed by atoms with van der Waals surface area (Å²) in [5.41, 5.74) is 2.12. The highest BCUT2D eigenvalue weighted by molar-refractivity contribution is 7.90. The molecule has 11 heteroatoms. The van der Waals surface area contributed by atoms with Gasteiger partial charge >= 0.3 is 0 Å². The quantitative estimate of drug-likeness (QED) is 0.460. The van der Waals surface area contributed by atoms with Gasteiger partial charge in [-0.1, -0.05) is 35.0 Å². The lowest BCUT2D eigenvalue weighted by atomic mass is 10.1. The molecular formula is C22H16ClFN4O4S. The second kappa shape index (κ2) is 7.82. The first-order valence-corrected chi connectivity index (χ1v) is 12.0. The van der Waals surface area contributed by atoms with Crippen LogP contribution in [0.15, 0.2) is 53.1 Å². The molecule has 4 aromatic rings. The van der Waals surface area contributed by atoms with Gasteiger partial charge in [0.05, 0.1) is 27.9 Å². The highest BCUT2D eigenvalue weighted by atomic mass is 35.5. The highest BCUT2D eigenvalue weighted by Crippen LogP contribution is 2.35. The summed E-state index contributed by atoms with van der Waals surface area (Å²) in [4.78, 5) is 13.4. The zero-order valence-electron chi connectivity index (χ0n) is 17.2. The van der Waals surface area contributed by atoms with Crippen molar-refractivity contribution in [1.29, 1.82) is 0 Å². The standard InChI is InChI=1S/C22H16ClFN4O4S/c1-12-19(20(27-32-12)15-4-2-3-5-17(15)23)22(29)25-21-16-10-33(30,31)11-18(16)26-28(21)14-8-6-13(24)7-9-14/h2-9H,10-11H2,1H3,(H,25,29). The Kier molecular flexibility index (Phi) is 5.06. The molecule has 0 spiro atoms. The van der Waals surface area contributed by atoms with Crippen LogP contribution in [0.2, 0.25) is 5.02 Å². The van der Waals surface area contributed by atoms with Crippen LogP contribution in [0.3, 0.4) is 0 Å². The summed E-state index contributed by atoms with van der Waals surface area (Å²) >= 11 is 6.29. The minimum absolute atomic E-state index is 0.157. The van der Waals surface area contributed by atoms with E-state index in [1.807, 2.05) is 0 Å². The Bertz CT molecular complexity index is 1510. The van der Waals surface area contributed by atoms with E-state index in [9.17, 15) is 17.6 Å². The lowest BCUT2D eigenvalue weighted by Gasteiger charge is -2.11. The van der Waals surface area contributed by atoms with Gasteiger partial charge in [0.15, 0.2) is 9.84 Å². The van der Waals surface area contributed by atoms with Gasteiger partial charge in [-0.3, -0.25) is 4.79 Å². The van der Waals surface area contributed by atoms with E-state index in [1.165, 1.54) is 28.9 Å². The molecule has 1 aliphatic heterocycles. The lowest BCUT2D eigenvalue weighted by Crippen LogP contribution is -2.18. The van der Waals surface area contributed by atoms with Crippen LogP contribution in [0.1, 0.15) is 27.4 Å². The molecule has 8 nitrogen and oxygen atoms in total. The van der Waals surface area contributed by atoms with Crippen LogP contribution in [-0.2, 0) is 21.3 Å². The molecule has 0 saturated heterocycles. The maximum absolute atomic E-state index is 13.4. The maximum atomic E-state index is 13.4. The lowest BCUT2D eigenvalue weighted by molar-refractivity contribution is 0.102. The van der Waals surface area contributed by atoms with E-state index >= 15 is 0 Å². The predicted octanol–water partition coefficient (Wildman–Crippen LogP) is 4.31. The van der Waals surface area contributed by atoms with E-state index in [-0.39, 0.29) is 34.3 Å². The van der Waals surface area contributed by atoms with Crippen LogP contribution >= 0.6 is 11.6 Å². The van der Waals surface area contributed by atoms with Crippen molar-refractivity contribution >= 4 is 33.2 Å². The number of rotatable bonds is 4. The Hall–Kier alpha value is -3.50. The molecule has 5 rings (SSSR count). The number of benzene rings is 2. The number of amides is 1. The number of anilines is 1. The van der Waals surface area contributed by atoms with Crippen molar-refractivity contribution in [1.82, 2.24) is 14.9 Å². The average Bonchev–Trinajstić information content (AvgIpc) is 3.39. The zero-order valence-corrected chi connectivity index (χ0v) is 18.7. The van der Waals surface area contributed by atoms with Crippen molar-refractivity contribution in [3.8, 4) is 16.9 Å². The second-order valence-electron chi connectivity index (χ2n) is 7.59. The van der Waals surface area contributed by atoms with E-state index in [1.54, 1.807) is 31.2 Å². The van der Waals surface area contributed by atoms with Gasteiger partial charge in [-0.05, 0) is 37.3 Å². The topological polar surface area (TPSA) is 107 Å². The van der Waals surface area contributed by atoms with Gasteiger partial charge in [0, 0.05) is 11.1 Å². The van der Waals surface area contributed by atoms with Crippen molar-refractivity contribution in [2.24, 2.45) is 0 Å². The number of aryl methyl sites for hydroxylation is 1. The van der Waals surface area contributed by atoms with Crippen molar-refractivity contribution in [2.75, 3.05) is 5.32 Å². The third-order valence-corrected chi connectivity index (χ3v) is 7.08. The number of hydrogen-bond acceptors (Lipinski definition) is 6. The number of sulfone groups is 1. The van der Waals surface area contributed by atoms with Crippen molar-refractivity contribution in [2.45, 2.75) is 18.4 Å². The van der Waals surface area contributed by atoms with Crippen LogP contribution in [-0.4, -0.2) is 29.3 Å². The number of halogens is 2. The molecule has 2 aromatic heterocycles. The molecule has 0 aliphatic carbocycles. The van der Waals surface area contributed by atoms with Gasteiger partial charge in [-0.25, -0.2) is 17.5 Å². The first-order chi connectivity index (χ1) is 15.7. The van der Waals surface area contributed by atoms with E-state index in [0.717, 1.165) is 0 Å². The monoisotopic (exact) mass is 486 g/mol. The molecule has 0 unspecified atom stereocenters. The number of hydrogen-bond donors (Lipinski definition) is 1. The fourth-order valence-corrected chi connectivity index (χ4v) is 5.51. The van der Waals surface area contributed by atoms with E-state index in [4.69, 9.17) is 16.1 Å². The van der Waals surface area contributed by atoms with E-state index in [0.29, 0.717) is 27.5 Å². The Balaban J connectivity index is 1.60. The molecule has 33 heavy (non-hydrogen) atoms. The fraction of sp³-hybridized carbons (Fsp3) is 0.136. The SMILES string of the molecule is Cc1onc(-c2ccccc2Cl)c1C(=O)Nc1c2c(nn1-c1ccc(F)cc1)CS(=O)(=O)C2. The molecule has 0 radical (unpaired) electrons. The van der Waals surface area contributed by atoms with E-state index in [2.05, 4.69) is 15.6 Å². The normalized spacial score (nSPS) is 14.3. The van der Waals surface area contributed by atoms with Crippen LogP contribution in [0.4, 0.5) is 10.2 Å². The van der Waals surface area contributed by atoms with Crippen molar-refractivity contribution in [3.63, 3.8) is 0 Å². The minimum Gasteiger partial charge on any atom is -0.360 e. The molecule has 0 saturated carbocycles. The number of aromatic nitrogens is 3. The van der Waals surface area contributed by atoms with Crippen LogP contribution in [0.5, 0.6) is 0 Å². The molecule has 0 atom stereocenters. The Morgan fingerprint density at radius 2 is 1.88 bits per heavy atom. The smallest absolute Gasteiger partial charge is 0.262 e. The summed E-state index contributed by atoms with van der Waals surface area (Å²) in [5, 5.41) is 11.5. The molecule has 3 heterocycles. The third-order valence-electron chi connectivity index (χ3n) is 5.31. The summed E-state index contributed by atoms with van der Waals surface area (Å²) in [6.07, 6.45) is 0. The number of nitrogens with zero attached hydrogens (tertiary/aromatic N) is 3. The number of carbonyl (C=O) groups excluding carboxylic acids is 1. The summed E-state index contributed by atoms with van der Waals surface area (Å²) < 4.78 is 44.5. The summed E-state index contributed by atoms with van der Waals surface area (Å²) in [5.74, 6) is -1.06. The average molecular weight is 487 g/mol. The zero-order chi connectivity index (χ0) is 23.3. The molecule has 0 fully saturated rings. The predicted molar refractivity (Wildman–Crippen MR) is 119 cm³/mol. The first kappa shape index (κ1) is 21.4. The molecule has 1 amide bonds. The van der Waals surface area contributed by atoms with Gasteiger partial charge in [0.2, 0.25) is 0 Å². The number of carbonyl (C=O) groups is 1. The van der Waals surface area contributed by atoms with Crippen LogP contribution < -0.4 is 5.32 Å². The Morgan fingerprint density at radius 1 is 1.15 bits per heavy atom.